The first-order valence-corrected chi connectivity index (χ1v) is 6.50. The van der Waals surface area contributed by atoms with Crippen molar-refractivity contribution in [1.29, 1.82) is 5.26 Å². The maximum atomic E-state index is 9.40. The second-order valence-electron chi connectivity index (χ2n) is 4.81. The third kappa shape index (κ3) is 1.72. The van der Waals surface area contributed by atoms with Crippen molar-refractivity contribution in [2.75, 3.05) is 5.73 Å². The largest absolute Gasteiger partial charge is 0.397 e. The van der Waals surface area contributed by atoms with Gasteiger partial charge in [-0.1, -0.05) is 54.6 Å². The molecule has 0 bridgehead atoms. The topological polar surface area (TPSA) is 49.8 Å². The van der Waals surface area contributed by atoms with E-state index < -0.39 is 0 Å². The molecular weight excluding hydrogens is 244 g/mol. The Balaban J connectivity index is 2.51. The Kier molecular flexibility index (Phi) is 2.89. The van der Waals surface area contributed by atoms with Crippen LogP contribution in [-0.4, -0.2) is 0 Å². The molecule has 96 valence electrons. The maximum absolute atomic E-state index is 9.40. The lowest BCUT2D eigenvalue weighted by molar-refractivity contribution is 1.41. The summed E-state index contributed by atoms with van der Waals surface area (Å²) in [5.41, 5.74) is 10.4. The fourth-order valence-corrected chi connectivity index (χ4v) is 2.72. The zero-order valence-electron chi connectivity index (χ0n) is 11.2. The molecule has 0 amide bonds. The Bertz CT molecular complexity index is 827. The summed E-state index contributed by atoms with van der Waals surface area (Å²) in [6.45, 7) is 1.96. The second-order valence-corrected chi connectivity index (χ2v) is 4.81. The van der Waals surface area contributed by atoms with Crippen LogP contribution in [0.2, 0.25) is 0 Å². The molecule has 20 heavy (non-hydrogen) atoms. The van der Waals surface area contributed by atoms with Crippen molar-refractivity contribution in [2.45, 2.75) is 6.92 Å². The lowest BCUT2D eigenvalue weighted by atomic mass is 9.89. The van der Waals surface area contributed by atoms with Gasteiger partial charge < -0.3 is 5.73 Å². The van der Waals surface area contributed by atoms with Crippen LogP contribution in [0.15, 0.2) is 54.6 Å². The van der Waals surface area contributed by atoms with Crippen molar-refractivity contribution in [2.24, 2.45) is 0 Å². The van der Waals surface area contributed by atoms with Gasteiger partial charge in [0, 0.05) is 5.39 Å². The SMILES string of the molecule is Cc1c(C#N)c(N)c2ccccc2c1-c1ccccc1. The number of hydrogen-bond acceptors (Lipinski definition) is 2. The number of nitrogens with zero attached hydrogens (tertiary/aromatic N) is 1. The third-order valence-corrected chi connectivity index (χ3v) is 3.68. The van der Waals surface area contributed by atoms with Crippen molar-refractivity contribution < 1.29 is 0 Å². The van der Waals surface area contributed by atoms with Crippen molar-refractivity contribution >= 4 is 16.5 Å². The summed E-state index contributed by atoms with van der Waals surface area (Å²) in [5, 5.41) is 11.4. The van der Waals surface area contributed by atoms with E-state index in [9.17, 15) is 5.26 Å². The molecule has 2 heteroatoms. The van der Waals surface area contributed by atoms with Gasteiger partial charge >= 0.3 is 0 Å². The second kappa shape index (κ2) is 4.71. The Labute approximate surface area is 118 Å². The van der Waals surface area contributed by atoms with Crippen LogP contribution in [-0.2, 0) is 0 Å². The number of nitrogen functional groups attached to an aromatic ring is 1. The predicted molar refractivity (Wildman–Crippen MR) is 83.2 cm³/mol. The molecule has 3 rings (SSSR count). The van der Waals surface area contributed by atoms with Crippen LogP contribution < -0.4 is 5.73 Å². The van der Waals surface area contributed by atoms with E-state index in [2.05, 4.69) is 24.3 Å². The Morgan fingerprint density at radius 3 is 2.15 bits per heavy atom. The first-order chi connectivity index (χ1) is 9.74. The van der Waals surface area contributed by atoms with Gasteiger partial charge in [0.05, 0.1) is 11.3 Å². The summed E-state index contributed by atoms with van der Waals surface area (Å²) in [4.78, 5) is 0. The predicted octanol–water partition coefficient (Wildman–Crippen LogP) is 4.27. The van der Waals surface area contributed by atoms with Crippen molar-refractivity contribution in [3.8, 4) is 17.2 Å². The fraction of sp³-hybridized carbons (Fsp3) is 0.0556. The zero-order valence-corrected chi connectivity index (χ0v) is 11.2. The molecule has 0 unspecified atom stereocenters. The van der Waals surface area contributed by atoms with E-state index >= 15 is 0 Å². The maximum Gasteiger partial charge on any atom is 0.102 e. The number of nitrogens with two attached hydrogens (primary N) is 1. The molecule has 3 aromatic rings. The standard InChI is InChI=1S/C18H14N2/c1-12-16(11-19)18(20)15-10-6-5-9-14(15)17(12)13-7-3-2-4-8-13/h2-10H,20H2,1H3. The monoisotopic (exact) mass is 258 g/mol. The summed E-state index contributed by atoms with van der Waals surface area (Å²) in [6.07, 6.45) is 0. The van der Waals surface area contributed by atoms with Gasteiger partial charge in [0.1, 0.15) is 6.07 Å². The molecule has 0 atom stereocenters. The van der Waals surface area contributed by atoms with Crippen LogP contribution in [0, 0.1) is 18.3 Å². The first-order valence-electron chi connectivity index (χ1n) is 6.50. The fourth-order valence-electron chi connectivity index (χ4n) is 2.72. The van der Waals surface area contributed by atoms with Crippen LogP contribution in [0.5, 0.6) is 0 Å². The molecule has 0 saturated carbocycles. The van der Waals surface area contributed by atoms with Gasteiger partial charge in [0.15, 0.2) is 0 Å². The van der Waals surface area contributed by atoms with Gasteiger partial charge in [-0.25, -0.2) is 0 Å². The smallest absolute Gasteiger partial charge is 0.102 e. The van der Waals surface area contributed by atoms with Crippen molar-refractivity contribution in [3.05, 3.63) is 65.7 Å². The summed E-state index contributed by atoms with van der Waals surface area (Å²) in [6, 6.07) is 20.3. The first kappa shape index (κ1) is 12.3. The molecule has 0 aliphatic rings. The lowest BCUT2D eigenvalue weighted by Gasteiger charge is -2.15. The highest BCUT2D eigenvalue weighted by atomic mass is 14.6. The van der Waals surface area contributed by atoms with Crippen molar-refractivity contribution in [3.63, 3.8) is 0 Å². The molecule has 0 radical (unpaired) electrons. The minimum Gasteiger partial charge on any atom is -0.397 e. The van der Waals surface area contributed by atoms with Gasteiger partial charge in [0.25, 0.3) is 0 Å². The Morgan fingerprint density at radius 1 is 0.900 bits per heavy atom. The number of rotatable bonds is 1. The molecule has 0 aliphatic carbocycles. The van der Waals surface area contributed by atoms with Gasteiger partial charge in [-0.2, -0.15) is 5.26 Å². The Hall–Kier alpha value is -2.79. The zero-order chi connectivity index (χ0) is 14.1. The number of anilines is 1. The molecule has 0 fully saturated rings. The van der Waals surface area contributed by atoms with Gasteiger partial charge in [-0.15, -0.1) is 0 Å². The molecule has 2 N–H and O–H groups in total. The van der Waals surface area contributed by atoms with Crippen LogP contribution >= 0.6 is 0 Å². The van der Waals surface area contributed by atoms with E-state index in [1.807, 2.05) is 43.3 Å². The van der Waals surface area contributed by atoms with E-state index in [-0.39, 0.29) is 0 Å². The summed E-state index contributed by atoms with van der Waals surface area (Å²) < 4.78 is 0. The highest BCUT2D eigenvalue weighted by Crippen LogP contribution is 2.37. The summed E-state index contributed by atoms with van der Waals surface area (Å²) in [5.74, 6) is 0. The number of benzene rings is 3. The molecule has 0 aromatic heterocycles. The Morgan fingerprint density at radius 2 is 1.50 bits per heavy atom. The van der Waals surface area contributed by atoms with E-state index in [4.69, 9.17) is 5.73 Å². The van der Waals surface area contributed by atoms with Crippen LogP contribution in [0.4, 0.5) is 5.69 Å². The van der Waals surface area contributed by atoms with Gasteiger partial charge in [-0.3, -0.25) is 0 Å². The average Bonchev–Trinajstić information content (AvgIpc) is 2.49. The molecular formula is C18H14N2. The molecule has 0 heterocycles. The summed E-state index contributed by atoms with van der Waals surface area (Å²) in [7, 11) is 0. The highest BCUT2D eigenvalue weighted by molar-refractivity contribution is 6.06. The quantitative estimate of drug-likeness (QED) is 0.663. The van der Waals surface area contributed by atoms with E-state index in [1.165, 1.54) is 0 Å². The minimum atomic E-state index is 0.570. The normalized spacial score (nSPS) is 10.4. The van der Waals surface area contributed by atoms with Crippen molar-refractivity contribution in [1.82, 2.24) is 0 Å². The average molecular weight is 258 g/mol. The van der Waals surface area contributed by atoms with Crippen LogP contribution in [0.25, 0.3) is 21.9 Å². The number of fused-ring (bicyclic) bond motifs is 1. The van der Waals surface area contributed by atoms with Crippen LogP contribution in [0.3, 0.4) is 0 Å². The van der Waals surface area contributed by atoms with Gasteiger partial charge in [-0.05, 0) is 29.0 Å². The third-order valence-electron chi connectivity index (χ3n) is 3.68. The molecule has 0 spiro atoms. The summed E-state index contributed by atoms with van der Waals surface area (Å²) >= 11 is 0. The number of nitriles is 1. The lowest BCUT2D eigenvalue weighted by Crippen LogP contribution is -1.98. The van der Waals surface area contributed by atoms with E-state index in [0.29, 0.717) is 11.3 Å². The van der Waals surface area contributed by atoms with Gasteiger partial charge in [0.2, 0.25) is 0 Å². The molecule has 2 nitrogen and oxygen atoms in total. The number of hydrogen-bond donors (Lipinski definition) is 1. The van der Waals surface area contributed by atoms with E-state index in [0.717, 1.165) is 27.5 Å². The molecule has 0 saturated heterocycles. The van der Waals surface area contributed by atoms with Crippen LogP contribution in [0.1, 0.15) is 11.1 Å². The molecule has 3 aromatic carbocycles. The highest BCUT2D eigenvalue weighted by Gasteiger charge is 2.15. The molecule has 0 aliphatic heterocycles. The minimum absolute atomic E-state index is 0.570. The van der Waals surface area contributed by atoms with E-state index in [1.54, 1.807) is 0 Å².